The number of sulfonamides is 1. The van der Waals surface area contributed by atoms with E-state index in [1.54, 1.807) is 24.3 Å². The van der Waals surface area contributed by atoms with Crippen molar-refractivity contribution in [1.29, 1.82) is 0 Å². The van der Waals surface area contributed by atoms with E-state index < -0.39 is 22.0 Å². The molecule has 0 bridgehead atoms. The monoisotopic (exact) mass is 437 g/mol. The zero-order valence-corrected chi connectivity index (χ0v) is 17.9. The number of hydrogen-bond acceptors (Lipinski definition) is 5. The first-order valence-electron chi connectivity index (χ1n) is 9.94. The molecule has 4 rings (SSSR count). The molecule has 1 heterocycles. The third kappa shape index (κ3) is 4.78. The average molecular weight is 438 g/mol. The van der Waals surface area contributed by atoms with Crippen molar-refractivity contribution in [2.45, 2.75) is 30.9 Å². The van der Waals surface area contributed by atoms with Gasteiger partial charge >= 0.3 is 5.97 Å². The van der Waals surface area contributed by atoms with Crippen LogP contribution in [-0.2, 0) is 32.6 Å². The van der Waals surface area contributed by atoms with Gasteiger partial charge in [-0.05, 0) is 48.7 Å². The van der Waals surface area contributed by atoms with E-state index in [-0.39, 0.29) is 18.0 Å². The summed E-state index contributed by atoms with van der Waals surface area (Å²) in [5.74, 6) is 0.158. The van der Waals surface area contributed by atoms with Crippen molar-refractivity contribution < 1.29 is 22.7 Å². The van der Waals surface area contributed by atoms with Gasteiger partial charge in [0.2, 0.25) is 10.0 Å². The van der Waals surface area contributed by atoms with Gasteiger partial charge in [-0.1, -0.05) is 60.2 Å². The molecule has 1 saturated heterocycles. The van der Waals surface area contributed by atoms with E-state index in [1.807, 2.05) is 61.5 Å². The van der Waals surface area contributed by atoms with E-state index in [1.165, 1.54) is 0 Å². The van der Waals surface area contributed by atoms with Crippen molar-refractivity contribution in [2.75, 3.05) is 6.73 Å². The number of benzene rings is 3. The van der Waals surface area contributed by atoms with Crippen LogP contribution < -0.4 is 4.74 Å². The van der Waals surface area contributed by atoms with Crippen molar-refractivity contribution in [3.05, 3.63) is 95.6 Å². The Morgan fingerprint density at radius 1 is 0.935 bits per heavy atom. The highest BCUT2D eigenvalue weighted by molar-refractivity contribution is 7.89. The minimum atomic E-state index is -3.84. The Kier molecular flexibility index (Phi) is 6.06. The lowest BCUT2D eigenvalue weighted by Crippen LogP contribution is -2.39. The summed E-state index contributed by atoms with van der Waals surface area (Å²) in [7, 11) is -3.84. The Labute approximate surface area is 182 Å². The first kappa shape index (κ1) is 21.1. The predicted molar refractivity (Wildman–Crippen MR) is 116 cm³/mol. The van der Waals surface area contributed by atoms with Crippen molar-refractivity contribution in [2.24, 2.45) is 0 Å². The molecule has 160 valence electrons. The maximum Gasteiger partial charge on any atom is 0.326 e. The quantitative estimate of drug-likeness (QED) is 0.527. The zero-order chi connectivity index (χ0) is 21.8. The lowest BCUT2D eigenvalue weighted by atomic mass is 10.1. The van der Waals surface area contributed by atoms with Crippen molar-refractivity contribution in [1.82, 2.24) is 4.31 Å². The smallest absolute Gasteiger partial charge is 0.326 e. The van der Waals surface area contributed by atoms with Crippen LogP contribution in [0, 0.1) is 6.92 Å². The van der Waals surface area contributed by atoms with Crippen LogP contribution in [-0.4, -0.2) is 31.5 Å². The molecule has 0 saturated carbocycles. The first-order valence-corrected chi connectivity index (χ1v) is 11.4. The van der Waals surface area contributed by atoms with Gasteiger partial charge in [0.25, 0.3) is 0 Å². The van der Waals surface area contributed by atoms with Gasteiger partial charge < -0.3 is 9.47 Å². The molecule has 6 nitrogen and oxygen atoms in total. The van der Waals surface area contributed by atoms with Crippen LogP contribution in [0.4, 0.5) is 0 Å². The fraction of sp³-hybridized carbons (Fsp3) is 0.208. The van der Waals surface area contributed by atoms with Crippen molar-refractivity contribution in [3.63, 3.8) is 0 Å². The molecule has 3 aromatic carbocycles. The van der Waals surface area contributed by atoms with Crippen LogP contribution in [0.25, 0.3) is 0 Å². The summed E-state index contributed by atoms with van der Waals surface area (Å²) in [5, 5.41) is 0. The number of nitrogens with zero attached hydrogens (tertiary/aromatic N) is 1. The second kappa shape index (κ2) is 8.91. The molecule has 0 aromatic heterocycles. The topological polar surface area (TPSA) is 72.9 Å². The number of carbonyl (C=O) groups excluding carboxylic acids is 1. The molecule has 1 aliphatic heterocycles. The number of hydrogen-bond donors (Lipinski definition) is 0. The van der Waals surface area contributed by atoms with Crippen molar-refractivity contribution in [3.8, 4) is 5.75 Å². The van der Waals surface area contributed by atoms with Crippen LogP contribution in [0.5, 0.6) is 5.75 Å². The van der Waals surface area contributed by atoms with Crippen LogP contribution in [0.1, 0.15) is 16.7 Å². The standard InChI is InChI=1S/C24H23NO5S/c1-18-7-13-22(14-8-18)31(27,28)25-17-30-24(26)23(25)15-19-9-11-21(12-10-19)29-16-20-5-3-2-4-6-20/h2-14,23H,15-17H2,1H3/t23-/m0/s1. The second-order valence-electron chi connectivity index (χ2n) is 7.44. The minimum Gasteiger partial charge on any atom is -0.489 e. The third-order valence-corrected chi connectivity index (χ3v) is 7.03. The normalized spacial score (nSPS) is 16.8. The summed E-state index contributed by atoms with van der Waals surface area (Å²) in [6.07, 6.45) is 0.225. The highest BCUT2D eigenvalue weighted by Gasteiger charge is 2.42. The molecule has 1 fully saturated rings. The van der Waals surface area contributed by atoms with E-state index in [0.717, 1.165) is 21.0 Å². The number of cyclic esters (lactones) is 1. The second-order valence-corrected chi connectivity index (χ2v) is 9.33. The molecule has 1 aliphatic rings. The molecule has 1 atom stereocenters. The van der Waals surface area contributed by atoms with Gasteiger partial charge in [-0.15, -0.1) is 4.31 Å². The van der Waals surface area contributed by atoms with Gasteiger partial charge in [0.15, 0.2) is 6.73 Å². The van der Waals surface area contributed by atoms with Crippen LogP contribution in [0.2, 0.25) is 0 Å². The van der Waals surface area contributed by atoms with Gasteiger partial charge in [0, 0.05) is 0 Å². The molecule has 0 radical (unpaired) electrons. The minimum absolute atomic E-state index is 0.144. The van der Waals surface area contributed by atoms with Gasteiger partial charge in [0.05, 0.1) is 4.90 Å². The SMILES string of the molecule is Cc1ccc(S(=O)(=O)N2COC(=O)[C@@H]2Cc2ccc(OCc3ccccc3)cc2)cc1. The maximum absolute atomic E-state index is 13.0. The molecule has 7 heteroatoms. The summed E-state index contributed by atoms with van der Waals surface area (Å²) in [4.78, 5) is 12.4. The number of rotatable bonds is 7. The van der Waals surface area contributed by atoms with E-state index in [9.17, 15) is 13.2 Å². The number of esters is 1. The van der Waals surface area contributed by atoms with Crippen LogP contribution >= 0.6 is 0 Å². The lowest BCUT2D eigenvalue weighted by Gasteiger charge is -2.20. The molecule has 0 N–H and O–H groups in total. The Morgan fingerprint density at radius 2 is 1.61 bits per heavy atom. The highest BCUT2D eigenvalue weighted by atomic mass is 32.2. The molecule has 3 aromatic rings. The van der Waals surface area contributed by atoms with Crippen molar-refractivity contribution >= 4 is 16.0 Å². The summed E-state index contributed by atoms with van der Waals surface area (Å²) >= 11 is 0. The van der Waals surface area contributed by atoms with E-state index in [0.29, 0.717) is 12.4 Å². The molecule has 0 amide bonds. The summed E-state index contributed by atoms with van der Waals surface area (Å²) in [5.41, 5.74) is 2.84. The van der Waals surface area contributed by atoms with Gasteiger partial charge in [0.1, 0.15) is 18.4 Å². The largest absolute Gasteiger partial charge is 0.489 e. The molecule has 31 heavy (non-hydrogen) atoms. The Morgan fingerprint density at radius 3 is 2.29 bits per heavy atom. The molecule has 0 spiro atoms. The third-order valence-electron chi connectivity index (χ3n) is 5.18. The predicted octanol–water partition coefficient (Wildman–Crippen LogP) is 3.69. The number of aryl methyl sites for hydroxylation is 1. The van der Waals surface area contributed by atoms with Crippen LogP contribution in [0.3, 0.4) is 0 Å². The molecule has 0 aliphatic carbocycles. The van der Waals surface area contributed by atoms with E-state index >= 15 is 0 Å². The first-order chi connectivity index (χ1) is 14.9. The lowest BCUT2D eigenvalue weighted by molar-refractivity contribution is -0.139. The van der Waals surface area contributed by atoms with Gasteiger partial charge in [-0.3, -0.25) is 4.79 Å². The van der Waals surface area contributed by atoms with E-state index in [4.69, 9.17) is 9.47 Å². The van der Waals surface area contributed by atoms with Gasteiger partial charge in [-0.2, -0.15) is 0 Å². The average Bonchev–Trinajstić information content (AvgIpc) is 3.15. The Bertz CT molecular complexity index is 1140. The molecule has 0 unspecified atom stereocenters. The summed E-state index contributed by atoms with van der Waals surface area (Å²) in [6.45, 7) is 2.06. The van der Waals surface area contributed by atoms with E-state index in [2.05, 4.69) is 0 Å². The molecular formula is C24H23NO5S. The summed E-state index contributed by atoms with van der Waals surface area (Å²) < 4.78 is 38.1. The Balaban J connectivity index is 1.45. The Hall–Kier alpha value is -3.16. The maximum atomic E-state index is 13.0. The van der Waals surface area contributed by atoms with Gasteiger partial charge in [-0.25, -0.2) is 8.42 Å². The zero-order valence-electron chi connectivity index (χ0n) is 17.1. The van der Waals surface area contributed by atoms with Crippen LogP contribution in [0.15, 0.2) is 83.8 Å². The number of ether oxygens (including phenoxy) is 2. The molecular weight excluding hydrogens is 414 g/mol. The number of carbonyl (C=O) groups is 1. The fourth-order valence-electron chi connectivity index (χ4n) is 3.38. The highest BCUT2D eigenvalue weighted by Crippen LogP contribution is 2.26. The fourth-order valence-corrected chi connectivity index (χ4v) is 4.82. The summed E-state index contributed by atoms with van der Waals surface area (Å²) in [6, 6.07) is 22.8.